The van der Waals surface area contributed by atoms with Crippen molar-refractivity contribution in [2.24, 2.45) is 28.2 Å². The Kier molecular flexibility index (Phi) is 24.0. The molecule has 36 heteroatoms. The smallest absolute Gasteiger partial charge is 0.354 e. The molecular weight excluding hydrogens is 1470 g/mol. The Labute approximate surface area is 602 Å². The van der Waals surface area contributed by atoms with E-state index in [1.54, 1.807) is 52.3 Å². The zero-order valence-corrected chi connectivity index (χ0v) is 59.6. The van der Waals surface area contributed by atoms with Crippen molar-refractivity contribution in [1.29, 1.82) is 0 Å². The lowest BCUT2D eigenvalue weighted by Gasteiger charge is -2.37. The van der Waals surface area contributed by atoms with Gasteiger partial charge in [-0.25, -0.2) is 0 Å². The highest BCUT2D eigenvalue weighted by atomic mass is 32.1. The van der Waals surface area contributed by atoms with Gasteiger partial charge in [0.1, 0.15) is 45.6 Å². The first-order valence-electron chi connectivity index (χ1n) is 31.6. The number of amides is 4. The number of nitrogens with zero attached hydrogens (tertiary/aromatic N) is 10. The van der Waals surface area contributed by atoms with Crippen molar-refractivity contribution in [1.82, 2.24) is 54.7 Å². The van der Waals surface area contributed by atoms with Crippen LogP contribution in [0.2, 0.25) is 0 Å². The van der Waals surface area contributed by atoms with Crippen molar-refractivity contribution < 1.29 is 90.8 Å². The molecule has 2 fully saturated rings. The average molecular weight is 1540 g/mol. The van der Waals surface area contributed by atoms with Crippen LogP contribution in [0.3, 0.4) is 0 Å². The summed E-state index contributed by atoms with van der Waals surface area (Å²) in [4.78, 5) is 57.1. The van der Waals surface area contributed by atoms with Gasteiger partial charge in [-0.05, 0) is 110 Å². The van der Waals surface area contributed by atoms with Crippen molar-refractivity contribution in [3.8, 4) is 42.3 Å². The molecule has 20 nitrogen and oxygen atoms in total. The van der Waals surface area contributed by atoms with E-state index in [0.29, 0.717) is 97.7 Å². The van der Waals surface area contributed by atoms with Crippen molar-refractivity contribution >= 4 is 74.7 Å². The van der Waals surface area contributed by atoms with Crippen LogP contribution in [0, 0.1) is 6.92 Å². The maximum absolute atomic E-state index is 12.9. The average Bonchev–Trinajstić information content (AvgIpc) is 1.66. The van der Waals surface area contributed by atoms with E-state index in [1.165, 1.54) is 54.0 Å². The normalized spacial score (nSPS) is 14.4. The van der Waals surface area contributed by atoms with Gasteiger partial charge in [0.25, 0.3) is 23.6 Å². The SMILES string of the molecule is COC(CNC(=O)c1ccc(-c2cc(C(F)(F)F)n(C)n2)s1)OC.Cc1ccc(CCNC(=O)c2ccc(-c3cc(C(F)(F)F)n(C)n3)s2)cc1.Cn1nc(-c2ccc(C(=O)N3CCC4(CC3)OCCO4)s2)cc1C(F)(F)F.Cn1nc(-c2ccc(C(=O)N3CCc4ccccc43)s2)cc1C(F)(F)F. The molecule has 0 atom stereocenters. The predicted molar refractivity (Wildman–Crippen MR) is 365 cm³/mol. The molecule has 0 saturated carbocycles. The zero-order valence-electron chi connectivity index (χ0n) is 56.3. The molecule has 1 spiro atoms. The number of carbonyl (C=O) groups is 4. The Bertz CT molecular complexity index is 4640. The number of carbonyl (C=O) groups excluding carboxylic acids is 4. The van der Waals surface area contributed by atoms with E-state index >= 15 is 0 Å². The predicted octanol–water partition coefficient (Wildman–Crippen LogP) is 14.5. The van der Waals surface area contributed by atoms with Gasteiger partial charge in [0.05, 0.1) is 58.8 Å². The third kappa shape index (κ3) is 18.7. The number of nitrogens with one attached hydrogen (secondary N) is 2. The molecular formula is C68H66F12N12O8S4. The highest BCUT2D eigenvalue weighted by Gasteiger charge is 2.42. The molecule has 2 saturated heterocycles. The van der Waals surface area contributed by atoms with Crippen LogP contribution >= 0.6 is 45.3 Å². The molecule has 8 aromatic heterocycles. The molecule has 13 rings (SSSR count). The number of para-hydroxylation sites is 1. The minimum absolute atomic E-state index is 0.133. The number of aromatic nitrogens is 8. The van der Waals surface area contributed by atoms with Gasteiger partial charge in [0, 0.05) is 87.1 Å². The molecule has 0 radical (unpaired) electrons. The number of methoxy groups -OCH3 is 2. The fourth-order valence-corrected chi connectivity index (χ4v) is 14.7. The number of likely N-dealkylation sites (tertiary alicyclic amines) is 1. The molecule has 0 unspecified atom stereocenters. The summed E-state index contributed by atoms with van der Waals surface area (Å²) in [6, 6.07) is 32.6. The first-order valence-corrected chi connectivity index (χ1v) is 34.9. The van der Waals surface area contributed by atoms with E-state index in [-0.39, 0.29) is 52.9 Å². The van der Waals surface area contributed by atoms with Crippen LogP contribution in [0.5, 0.6) is 0 Å². The van der Waals surface area contributed by atoms with E-state index in [2.05, 4.69) is 31.0 Å². The van der Waals surface area contributed by atoms with Gasteiger partial charge in [-0.15, -0.1) is 45.3 Å². The molecule has 104 heavy (non-hydrogen) atoms. The molecule has 554 valence electrons. The fraction of sp³-hybridized carbons (Fsp3) is 0.353. The van der Waals surface area contributed by atoms with Gasteiger partial charge >= 0.3 is 24.7 Å². The maximum atomic E-state index is 12.9. The monoisotopic (exact) mass is 1530 g/mol. The number of hydrogen-bond acceptors (Lipinski definition) is 16. The summed E-state index contributed by atoms with van der Waals surface area (Å²) in [5, 5.41) is 21.1. The largest absolute Gasteiger partial charge is 0.433 e. The van der Waals surface area contributed by atoms with Crippen LogP contribution < -0.4 is 15.5 Å². The molecule has 3 aliphatic heterocycles. The Morgan fingerprint density at radius 3 is 1.30 bits per heavy atom. The Morgan fingerprint density at radius 2 is 0.894 bits per heavy atom. The van der Waals surface area contributed by atoms with Crippen LogP contribution in [0.1, 0.15) is 91.0 Å². The highest BCUT2D eigenvalue weighted by molar-refractivity contribution is 7.18. The van der Waals surface area contributed by atoms with Crippen LogP contribution in [0.4, 0.5) is 58.4 Å². The molecule has 10 aromatic rings. The van der Waals surface area contributed by atoms with E-state index in [0.717, 1.165) is 112 Å². The van der Waals surface area contributed by atoms with E-state index in [4.69, 9.17) is 18.9 Å². The standard InChI is InChI=1S/C19H18F3N3OS.C18H14F3N3OS.C17H18F3N3O3S.C14H16F3N3O3S/c1-12-3-5-13(6-4-12)9-10-23-18(26)16-8-7-15(27-16)14-11-17(19(20,21)22)25(2)24-14;1-23-16(18(19,20)21)10-12(22-23)14-6-7-15(26-14)17(25)24-9-8-11-4-2-3-5-13(11)24;1-22-14(17(18,19)20)10-11(21-22)12-2-3-13(27-12)15(24)23-6-4-16(5-7-23)25-8-9-26-16;1-20-11(14(15,16)17)6-8(19-20)9-4-5-10(24-9)13(21)18-7-12(22-2)23-3/h3-8,11H,9-10H2,1-2H3,(H,23,26);2-7,10H,8-9H2,1H3;2-3,10H,4-9H2,1H3;4-6,12H,7H2,1-3H3,(H,18,21). The second-order valence-electron chi connectivity index (χ2n) is 23.6. The molecule has 0 bridgehead atoms. The summed E-state index contributed by atoms with van der Waals surface area (Å²) in [6.07, 6.45) is -15.7. The third-order valence-corrected chi connectivity index (χ3v) is 20.9. The van der Waals surface area contributed by atoms with Crippen LogP contribution in [-0.2, 0) is 84.7 Å². The maximum Gasteiger partial charge on any atom is 0.433 e. The number of ether oxygens (including phenoxy) is 4. The summed E-state index contributed by atoms with van der Waals surface area (Å²) in [7, 11) is 7.88. The number of alkyl halides is 12. The van der Waals surface area contributed by atoms with Crippen LogP contribution in [0.25, 0.3) is 42.3 Å². The number of thiophene rings is 4. The van der Waals surface area contributed by atoms with Crippen LogP contribution in [0.15, 0.2) is 121 Å². The molecule has 3 aliphatic rings. The number of aryl methyl sites for hydroxylation is 5. The molecule has 4 amide bonds. The van der Waals surface area contributed by atoms with E-state index in [9.17, 15) is 71.9 Å². The van der Waals surface area contributed by atoms with Gasteiger partial charge in [-0.1, -0.05) is 48.0 Å². The van der Waals surface area contributed by atoms with Gasteiger partial charge in [-0.2, -0.15) is 73.1 Å². The number of fused-ring (bicyclic) bond motifs is 1. The third-order valence-electron chi connectivity index (χ3n) is 16.5. The van der Waals surface area contributed by atoms with Gasteiger partial charge in [0.15, 0.2) is 12.1 Å². The number of piperidine rings is 1. The second-order valence-corrected chi connectivity index (χ2v) is 28.0. The zero-order chi connectivity index (χ0) is 75.2. The van der Waals surface area contributed by atoms with Gasteiger partial charge in [-0.3, -0.25) is 37.9 Å². The second kappa shape index (κ2) is 32.1. The number of hydrogen-bond donors (Lipinski definition) is 2. The highest BCUT2D eigenvalue weighted by Crippen LogP contribution is 2.41. The van der Waals surface area contributed by atoms with Gasteiger partial charge < -0.3 is 39.4 Å². The molecule has 0 aliphatic carbocycles. The lowest BCUT2D eigenvalue weighted by atomic mass is 10.0. The topological polar surface area (TPSA) is 207 Å². The summed E-state index contributed by atoms with van der Waals surface area (Å²) >= 11 is 4.48. The summed E-state index contributed by atoms with van der Waals surface area (Å²) in [5.74, 6) is -1.44. The number of halogens is 12. The van der Waals surface area contributed by atoms with Crippen molar-refractivity contribution in [3.63, 3.8) is 0 Å². The first-order chi connectivity index (χ1) is 49.1. The number of benzene rings is 2. The summed E-state index contributed by atoms with van der Waals surface area (Å²) in [5.41, 5.74) is 1.80. The summed E-state index contributed by atoms with van der Waals surface area (Å²) in [6.45, 7) is 5.45. The first kappa shape index (κ1) is 77.6. The van der Waals surface area contributed by atoms with E-state index < -0.39 is 59.6 Å². The molecule has 2 N–H and O–H groups in total. The Balaban J connectivity index is 0.000000149. The van der Waals surface area contributed by atoms with E-state index in [1.807, 2.05) is 55.5 Å². The number of anilines is 1. The molecule has 11 heterocycles. The van der Waals surface area contributed by atoms with Crippen molar-refractivity contribution in [3.05, 3.63) is 180 Å². The van der Waals surface area contributed by atoms with Crippen molar-refractivity contribution in [2.75, 3.05) is 65.1 Å². The lowest BCUT2D eigenvalue weighted by molar-refractivity contribution is -0.181. The molecule has 2 aromatic carbocycles. The van der Waals surface area contributed by atoms with Crippen LogP contribution in [-0.4, -0.2) is 140 Å². The van der Waals surface area contributed by atoms with Crippen molar-refractivity contribution in [2.45, 2.75) is 69.4 Å². The minimum atomic E-state index is -4.48. The summed E-state index contributed by atoms with van der Waals surface area (Å²) < 4.78 is 179. The lowest BCUT2D eigenvalue weighted by Crippen LogP contribution is -2.47. The minimum Gasteiger partial charge on any atom is -0.354 e. The Hall–Kier alpha value is -9.04. The Morgan fingerprint density at radius 1 is 0.510 bits per heavy atom. The quantitative estimate of drug-likeness (QED) is 0.0726. The fourth-order valence-electron chi connectivity index (χ4n) is 11.2. The van der Waals surface area contributed by atoms with Gasteiger partial charge in [0.2, 0.25) is 0 Å². The number of rotatable bonds is 15.